The number of nitrogens with two attached hydrogens (primary N) is 1. The second kappa shape index (κ2) is 4.96. The van der Waals surface area contributed by atoms with E-state index < -0.39 is 6.10 Å². The Morgan fingerprint density at radius 3 is 2.72 bits per heavy atom. The van der Waals surface area contributed by atoms with Gasteiger partial charge < -0.3 is 10.8 Å². The average molecular weight is 267 g/mol. The standard InChI is InChI=1S/C12H15ClN4O/c1-7(2)17-12(15-6-16-17)11(18)9-4-3-8(14)5-10(9)13/h3-7,11,18H,14H2,1-2H3. The number of benzene rings is 1. The highest BCUT2D eigenvalue weighted by Gasteiger charge is 2.20. The van der Waals surface area contributed by atoms with Crippen LogP contribution in [0.3, 0.4) is 0 Å². The summed E-state index contributed by atoms with van der Waals surface area (Å²) < 4.78 is 1.66. The molecule has 0 aliphatic heterocycles. The van der Waals surface area contributed by atoms with Gasteiger partial charge in [-0.2, -0.15) is 5.10 Å². The van der Waals surface area contributed by atoms with Gasteiger partial charge in [0.2, 0.25) is 0 Å². The highest BCUT2D eigenvalue weighted by Crippen LogP contribution is 2.29. The molecule has 3 N–H and O–H groups in total. The Bertz CT molecular complexity index is 553. The highest BCUT2D eigenvalue weighted by atomic mass is 35.5. The number of hydrogen-bond acceptors (Lipinski definition) is 4. The van der Waals surface area contributed by atoms with Gasteiger partial charge in [0.05, 0.1) is 0 Å². The van der Waals surface area contributed by atoms with E-state index in [0.29, 0.717) is 22.1 Å². The van der Waals surface area contributed by atoms with Gasteiger partial charge in [0.1, 0.15) is 12.4 Å². The molecule has 6 heteroatoms. The molecule has 2 aromatic rings. The van der Waals surface area contributed by atoms with Crippen molar-refractivity contribution in [1.82, 2.24) is 14.8 Å². The van der Waals surface area contributed by atoms with Crippen LogP contribution in [0.1, 0.15) is 37.4 Å². The van der Waals surface area contributed by atoms with Crippen molar-refractivity contribution in [3.05, 3.63) is 40.9 Å². The maximum Gasteiger partial charge on any atom is 0.160 e. The van der Waals surface area contributed by atoms with E-state index in [1.807, 2.05) is 13.8 Å². The van der Waals surface area contributed by atoms with Crippen LogP contribution in [0.5, 0.6) is 0 Å². The molecule has 0 saturated heterocycles. The average Bonchev–Trinajstić information content (AvgIpc) is 2.77. The molecule has 0 amide bonds. The van der Waals surface area contributed by atoms with E-state index in [9.17, 15) is 5.11 Å². The van der Waals surface area contributed by atoms with Gasteiger partial charge in [-0.1, -0.05) is 17.7 Å². The first-order valence-electron chi connectivity index (χ1n) is 5.63. The zero-order valence-corrected chi connectivity index (χ0v) is 11.0. The number of aliphatic hydroxyl groups is 1. The molecule has 1 heterocycles. The summed E-state index contributed by atoms with van der Waals surface area (Å²) in [6, 6.07) is 5.11. The van der Waals surface area contributed by atoms with Crippen LogP contribution in [-0.4, -0.2) is 19.9 Å². The van der Waals surface area contributed by atoms with Crippen LogP contribution in [0.15, 0.2) is 24.5 Å². The molecule has 5 nitrogen and oxygen atoms in total. The molecule has 0 spiro atoms. The molecule has 0 fully saturated rings. The van der Waals surface area contributed by atoms with Crippen LogP contribution in [0.25, 0.3) is 0 Å². The lowest BCUT2D eigenvalue weighted by Crippen LogP contribution is -2.13. The number of aliphatic hydroxyl groups excluding tert-OH is 1. The molecule has 1 aromatic carbocycles. The number of nitrogens with zero attached hydrogens (tertiary/aromatic N) is 3. The van der Waals surface area contributed by atoms with Crippen molar-refractivity contribution in [1.29, 1.82) is 0 Å². The summed E-state index contributed by atoms with van der Waals surface area (Å²) in [5, 5.41) is 14.8. The normalized spacial score (nSPS) is 12.9. The molecule has 1 unspecified atom stereocenters. The largest absolute Gasteiger partial charge is 0.399 e. The molecular weight excluding hydrogens is 252 g/mol. The lowest BCUT2D eigenvalue weighted by atomic mass is 10.1. The maximum atomic E-state index is 10.3. The number of hydrogen-bond donors (Lipinski definition) is 2. The van der Waals surface area contributed by atoms with Crippen LogP contribution in [-0.2, 0) is 0 Å². The third-order valence-corrected chi connectivity index (χ3v) is 2.98. The minimum atomic E-state index is -0.914. The van der Waals surface area contributed by atoms with Gasteiger partial charge in [0.25, 0.3) is 0 Å². The fourth-order valence-electron chi connectivity index (χ4n) is 1.76. The minimum Gasteiger partial charge on any atom is -0.399 e. The third-order valence-electron chi connectivity index (χ3n) is 2.65. The van der Waals surface area contributed by atoms with Crippen molar-refractivity contribution in [2.24, 2.45) is 0 Å². The third kappa shape index (κ3) is 2.32. The predicted octanol–water partition coefficient (Wildman–Crippen LogP) is 2.18. The zero-order chi connectivity index (χ0) is 13.3. The summed E-state index contributed by atoms with van der Waals surface area (Å²) in [4.78, 5) is 4.09. The fraction of sp³-hybridized carbons (Fsp3) is 0.333. The lowest BCUT2D eigenvalue weighted by molar-refractivity contribution is 0.200. The summed E-state index contributed by atoms with van der Waals surface area (Å²) in [7, 11) is 0. The molecule has 0 saturated carbocycles. The van der Waals surface area contributed by atoms with E-state index in [1.54, 1.807) is 22.9 Å². The van der Waals surface area contributed by atoms with Crippen LogP contribution in [0.4, 0.5) is 5.69 Å². The Morgan fingerprint density at radius 1 is 1.39 bits per heavy atom. The van der Waals surface area contributed by atoms with Gasteiger partial charge in [0.15, 0.2) is 5.82 Å². The molecule has 96 valence electrons. The molecule has 0 bridgehead atoms. The molecule has 0 aliphatic rings. The van der Waals surface area contributed by atoms with Gasteiger partial charge in [-0.3, -0.25) is 0 Å². The van der Waals surface area contributed by atoms with Crippen LogP contribution >= 0.6 is 11.6 Å². The molecular formula is C12H15ClN4O. The van der Waals surface area contributed by atoms with E-state index in [2.05, 4.69) is 10.1 Å². The molecule has 0 aliphatic carbocycles. The van der Waals surface area contributed by atoms with Gasteiger partial charge in [-0.25, -0.2) is 9.67 Å². The topological polar surface area (TPSA) is 77.0 Å². The minimum absolute atomic E-state index is 0.115. The highest BCUT2D eigenvalue weighted by molar-refractivity contribution is 6.31. The van der Waals surface area contributed by atoms with E-state index in [0.717, 1.165) is 0 Å². The molecule has 18 heavy (non-hydrogen) atoms. The number of aromatic nitrogens is 3. The Balaban J connectivity index is 2.41. The van der Waals surface area contributed by atoms with Crippen LogP contribution < -0.4 is 5.73 Å². The summed E-state index contributed by atoms with van der Waals surface area (Å²) in [6.07, 6.45) is 0.507. The molecule has 2 rings (SSSR count). The number of rotatable bonds is 3. The molecule has 0 radical (unpaired) electrons. The van der Waals surface area contributed by atoms with Crippen molar-refractivity contribution >= 4 is 17.3 Å². The van der Waals surface area contributed by atoms with Crippen LogP contribution in [0, 0.1) is 0 Å². The van der Waals surface area contributed by atoms with Gasteiger partial charge in [-0.15, -0.1) is 0 Å². The van der Waals surface area contributed by atoms with Crippen molar-refractivity contribution in [3.8, 4) is 0 Å². The Morgan fingerprint density at radius 2 is 2.11 bits per heavy atom. The lowest BCUT2D eigenvalue weighted by Gasteiger charge is -2.15. The van der Waals surface area contributed by atoms with E-state index in [1.165, 1.54) is 6.33 Å². The van der Waals surface area contributed by atoms with Crippen molar-refractivity contribution in [2.75, 3.05) is 5.73 Å². The first-order valence-corrected chi connectivity index (χ1v) is 6.01. The zero-order valence-electron chi connectivity index (χ0n) is 10.2. The summed E-state index contributed by atoms with van der Waals surface area (Å²) >= 11 is 6.08. The fourth-order valence-corrected chi connectivity index (χ4v) is 2.05. The van der Waals surface area contributed by atoms with E-state index >= 15 is 0 Å². The monoisotopic (exact) mass is 266 g/mol. The quantitative estimate of drug-likeness (QED) is 0.835. The van der Waals surface area contributed by atoms with Crippen molar-refractivity contribution in [2.45, 2.75) is 26.0 Å². The number of anilines is 1. The number of halogens is 1. The van der Waals surface area contributed by atoms with Crippen LogP contribution in [0.2, 0.25) is 5.02 Å². The Kier molecular flexibility index (Phi) is 3.54. The van der Waals surface area contributed by atoms with Gasteiger partial charge in [-0.05, 0) is 26.0 Å². The van der Waals surface area contributed by atoms with E-state index in [-0.39, 0.29) is 6.04 Å². The summed E-state index contributed by atoms with van der Waals surface area (Å²) in [5.74, 6) is 0.469. The predicted molar refractivity (Wildman–Crippen MR) is 70.3 cm³/mol. The second-order valence-electron chi connectivity index (χ2n) is 4.34. The van der Waals surface area contributed by atoms with Gasteiger partial charge >= 0.3 is 0 Å². The Hall–Kier alpha value is -1.59. The van der Waals surface area contributed by atoms with Crippen molar-refractivity contribution in [3.63, 3.8) is 0 Å². The smallest absolute Gasteiger partial charge is 0.160 e. The maximum absolute atomic E-state index is 10.3. The van der Waals surface area contributed by atoms with Gasteiger partial charge in [0, 0.05) is 22.3 Å². The van der Waals surface area contributed by atoms with Crippen molar-refractivity contribution < 1.29 is 5.11 Å². The number of nitrogen functional groups attached to an aromatic ring is 1. The summed E-state index contributed by atoms with van der Waals surface area (Å²) in [6.45, 7) is 3.94. The molecule has 1 aromatic heterocycles. The second-order valence-corrected chi connectivity index (χ2v) is 4.75. The summed E-state index contributed by atoms with van der Waals surface area (Å²) in [5.41, 5.74) is 6.75. The first-order chi connectivity index (χ1) is 8.50. The first kappa shape index (κ1) is 12.9. The SMILES string of the molecule is CC(C)n1ncnc1C(O)c1ccc(N)cc1Cl. The Labute approximate surface area is 110 Å². The van der Waals surface area contributed by atoms with E-state index in [4.69, 9.17) is 17.3 Å². The molecule has 1 atom stereocenters.